The van der Waals surface area contributed by atoms with Crippen LogP contribution >= 0.6 is 15.9 Å². The van der Waals surface area contributed by atoms with Gasteiger partial charge in [-0.3, -0.25) is 10.3 Å². The second-order valence-electron chi connectivity index (χ2n) is 7.00. The Morgan fingerprint density at radius 3 is 2.45 bits per heavy atom. The molecule has 0 spiro atoms. The minimum absolute atomic E-state index is 0.0329. The van der Waals surface area contributed by atoms with Crippen LogP contribution in [-0.4, -0.2) is 49.3 Å². The maximum absolute atomic E-state index is 12.7. The molecule has 0 radical (unpaired) electrons. The summed E-state index contributed by atoms with van der Waals surface area (Å²) in [5, 5.41) is 5.84. The fraction of sp³-hybridized carbons (Fsp3) is 0.300. The summed E-state index contributed by atoms with van der Waals surface area (Å²) in [6, 6.07) is 3.01. The van der Waals surface area contributed by atoms with Gasteiger partial charge in [-0.1, -0.05) is 29.1 Å². The van der Waals surface area contributed by atoms with Gasteiger partial charge in [-0.2, -0.15) is 26.3 Å². The third kappa shape index (κ3) is 10.1. The Balaban J connectivity index is 2.05. The molecule has 182 valence electrons. The molecule has 2 rings (SSSR count). The van der Waals surface area contributed by atoms with Crippen LogP contribution < -0.4 is 20.8 Å². The molecule has 1 aliphatic heterocycles. The first-order chi connectivity index (χ1) is 15.2. The van der Waals surface area contributed by atoms with Crippen LogP contribution in [0.2, 0.25) is 0 Å². The fourth-order valence-electron chi connectivity index (χ4n) is 2.54. The number of alkyl halides is 6. The molecule has 0 aromatic heterocycles. The maximum Gasteiger partial charge on any atom is 0.482 e. The Hall–Kier alpha value is -2.80. The molecular formula is C20H22BrF6N5O. The molecule has 0 saturated heterocycles. The minimum atomic E-state index is -4.79. The highest BCUT2D eigenvalue weighted by atomic mass is 79.9. The molecule has 1 aromatic rings. The highest BCUT2D eigenvalue weighted by Crippen LogP contribution is 2.30. The number of hydrogen-bond acceptors (Lipinski definition) is 6. The summed E-state index contributed by atoms with van der Waals surface area (Å²) in [6.07, 6.45) is -4.20. The maximum atomic E-state index is 12.7. The van der Waals surface area contributed by atoms with E-state index in [4.69, 9.17) is 0 Å². The Bertz CT molecular complexity index is 929. The van der Waals surface area contributed by atoms with Crippen molar-refractivity contribution in [1.29, 1.82) is 0 Å². The topological polar surface area (TPSA) is 51.8 Å². The van der Waals surface area contributed by atoms with Gasteiger partial charge in [-0.05, 0) is 17.7 Å². The number of benzene rings is 1. The summed E-state index contributed by atoms with van der Waals surface area (Å²) >= 11 is 3.38. The molecule has 0 saturated carbocycles. The predicted octanol–water partition coefficient (Wildman–Crippen LogP) is 5.50. The first-order valence-electron chi connectivity index (χ1n) is 9.30. The number of anilines is 2. The predicted molar refractivity (Wildman–Crippen MR) is 118 cm³/mol. The highest BCUT2D eigenvalue weighted by molar-refractivity contribution is 9.11. The van der Waals surface area contributed by atoms with Crippen LogP contribution in [-0.2, 0) is 0 Å². The summed E-state index contributed by atoms with van der Waals surface area (Å²) in [5.74, 6) is -0.407. The van der Waals surface area contributed by atoms with Gasteiger partial charge < -0.3 is 15.0 Å². The molecule has 13 heteroatoms. The Morgan fingerprint density at radius 1 is 1.21 bits per heavy atom. The fourth-order valence-corrected chi connectivity index (χ4v) is 2.92. The van der Waals surface area contributed by atoms with Crippen LogP contribution in [0.5, 0.6) is 5.75 Å². The molecule has 0 aliphatic carbocycles. The second-order valence-corrected chi connectivity index (χ2v) is 8.01. The third-order valence-electron chi connectivity index (χ3n) is 3.93. The summed E-state index contributed by atoms with van der Waals surface area (Å²) in [4.78, 5) is 1.84. The van der Waals surface area contributed by atoms with Gasteiger partial charge in [0.2, 0.25) is 0 Å². The molecule has 33 heavy (non-hydrogen) atoms. The van der Waals surface area contributed by atoms with E-state index in [1.54, 1.807) is 12.3 Å². The van der Waals surface area contributed by atoms with E-state index in [0.29, 0.717) is 18.8 Å². The average Bonchev–Trinajstić information content (AvgIpc) is 3.07. The first-order valence-corrected chi connectivity index (χ1v) is 10.1. The summed E-state index contributed by atoms with van der Waals surface area (Å²) in [7, 11) is 1.82. The zero-order valence-electron chi connectivity index (χ0n) is 17.4. The quantitative estimate of drug-likeness (QED) is 0.206. The number of nitrogens with one attached hydrogen (secondary N) is 3. The van der Waals surface area contributed by atoms with Crippen molar-refractivity contribution in [3.05, 3.63) is 65.6 Å². The number of nitrogens with zero attached hydrogens (tertiary/aromatic N) is 2. The summed E-state index contributed by atoms with van der Waals surface area (Å²) < 4.78 is 81.0. The van der Waals surface area contributed by atoms with Gasteiger partial charge in [0.1, 0.15) is 12.4 Å². The molecule has 3 N–H and O–H groups in total. The number of ether oxygens (including phenoxy) is 1. The molecule has 0 bridgehead atoms. The Labute approximate surface area is 195 Å². The highest BCUT2D eigenvalue weighted by Gasteiger charge is 2.30. The number of hydrazine groups is 1. The lowest BCUT2D eigenvalue weighted by molar-refractivity contribution is -0.153. The lowest BCUT2D eigenvalue weighted by Crippen LogP contribution is -2.36. The molecule has 1 aromatic carbocycles. The monoisotopic (exact) mass is 541 g/mol. The molecular weight excluding hydrogens is 520 g/mol. The van der Waals surface area contributed by atoms with Gasteiger partial charge in [0.15, 0.2) is 6.61 Å². The van der Waals surface area contributed by atoms with Crippen molar-refractivity contribution in [3.8, 4) is 5.75 Å². The number of rotatable bonds is 10. The molecule has 6 nitrogen and oxygen atoms in total. The smallest absolute Gasteiger partial charge is 0.482 e. The van der Waals surface area contributed by atoms with Crippen molar-refractivity contribution in [2.75, 3.05) is 37.5 Å². The molecule has 0 unspecified atom stereocenters. The van der Waals surface area contributed by atoms with Crippen molar-refractivity contribution < 1.29 is 31.1 Å². The summed E-state index contributed by atoms with van der Waals surface area (Å²) in [6.45, 7) is 7.17. The van der Waals surface area contributed by atoms with Gasteiger partial charge in [0.05, 0.1) is 0 Å². The van der Waals surface area contributed by atoms with E-state index < -0.39 is 30.5 Å². The van der Waals surface area contributed by atoms with E-state index in [9.17, 15) is 26.3 Å². The normalized spacial score (nSPS) is 14.3. The van der Waals surface area contributed by atoms with Crippen LogP contribution in [0.3, 0.4) is 0 Å². The van der Waals surface area contributed by atoms with Crippen LogP contribution in [0.25, 0.3) is 0 Å². The second kappa shape index (κ2) is 10.9. The van der Waals surface area contributed by atoms with Crippen LogP contribution in [0.15, 0.2) is 65.6 Å². The van der Waals surface area contributed by atoms with Crippen LogP contribution in [0, 0.1) is 0 Å². The van der Waals surface area contributed by atoms with Crippen LogP contribution in [0.4, 0.5) is 37.7 Å². The average molecular weight is 542 g/mol. The van der Waals surface area contributed by atoms with Crippen molar-refractivity contribution in [2.45, 2.75) is 12.5 Å². The largest absolute Gasteiger partial charge is 0.484 e. The minimum Gasteiger partial charge on any atom is -0.484 e. The van der Waals surface area contributed by atoms with Crippen molar-refractivity contribution in [2.24, 2.45) is 0 Å². The third-order valence-corrected chi connectivity index (χ3v) is 4.42. The molecule has 1 heterocycles. The van der Waals surface area contributed by atoms with Crippen LogP contribution in [0.1, 0.15) is 0 Å². The molecule has 1 aliphatic rings. The van der Waals surface area contributed by atoms with Crippen molar-refractivity contribution in [1.82, 2.24) is 15.3 Å². The van der Waals surface area contributed by atoms with Gasteiger partial charge in [0.25, 0.3) is 0 Å². The lowest BCUT2D eigenvalue weighted by atomic mass is 10.2. The number of allylic oxidation sites excluding steroid dienone is 1. The zero-order valence-corrected chi connectivity index (χ0v) is 19.0. The van der Waals surface area contributed by atoms with Gasteiger partial charge in [0, 0.05) is 59.7 Å². The molecule has 0 fully saturated rings. The van der Waals surface area contributed by atoms with Gasteiger partial charge >= 0.3 is 12.5 Å². The van der Waals surface area contributed by atoms with E-state index in [2.05, 4.69) is 44.6 Å². The van der Waals surface area contributed by atoms with Gasteiger partial charge in [-0.15, -0.1) is 0 Å². The zero-order chi connectivity index (χ0) is 24.8. The summed E-state index contributed by atoms with van der Waals surface area (Å²) in [5.41, 5.74) is 3.29. The standard InChI is InChI=1S/C20H22BrF6N5O/c1-13(4-5-31(3)12-32-10-15(21)9-28-32)14(2)29-16-6-17(30-20(25,26)27)8-18(7-16)33-11-19(22,23)24/h4-8,10,28-30H,1-2,9,11-12H2,3H3/b5-4-. The van der Waals surface area contributed by atoms with E-state index >= 15 is 0 Å². The van der Waals surface area contributed by atoms with Gasteiger partial charge in [-0.25, -0.2) is 5.43 Å². The van der Waals surface area contributed by atoms with E-state index in [1.165, 1.54) is 5.32 Å². The molecule has 0 atom stereocenters. The molecule has 0 amide bonds. The van der Waals surface area contributed by atoms with E-state index in [1.807, 2.05) is 23.2 Å². The lowest BCUT2D eigenvalue weighted by Gasteiger charge is -2.22. The van der Waals surface area contributed by atoms with E-state index in [-0.39, 0.29) is 11.4 Å². The SMILES string of the molecule is C=C(/C=C\N(C)CN1C=C(Br)CN1)C(=C)Nc1cc(NC(F)(F)F)cc(OCC(F)(F)F)c1. The Kier molecular flexibility index (Phi) is 8.72. The number of hydrogen-bond donors (Lipinski definition) is 3. The number of halogens is 7. The van der Waals surface area contributed by atoms with E-state index in [0.717, 1.165) is 22.7 Å². The van der Waals surface area contributed by atoms with Crippen molar-refractivity contribution in [3.63, 3.8) is 0 Å². The Morgan fingerprint density at radius 2 is 1.88 bits per heavy atom. The van der Waals surface area contributed by atoms with Crippen molar-refractivity contribution >= 4 is 27.3 Å². The first kappa shape index (κ1) is 26.5.